The summed E-state index contributed by atoms with van der Waals surface area (Å²) >= 11 is 0. The molecule has 2 N–H and O–H groups in total. The Hall–Kier alpha value is -5.57. The van der Waals surface area contributed by atoms with Gasteiger partial charge in [0, 0.05) is 69.2 Å². The summed E-state index contributed by atoms with van der Waals surface area (Å²) in [7, 11) is 5.60. The SMILES string of the molecule is COc1cc2nn([C@H]3CC[C@H](CN(C)C4CCN(c5cccc6c5n(C)c(=O)n6C5CCC(=O)NC5=O)CC4)CC3)cc2cc1NC(=O)c1cncnc1. The topological polar surface area (TPSA) is 162 Å². The Morgan fingerprint density at radius 2 is 1.78 bits per heavy atom. The van der Waals surface area contributed by atoms with Crippen molar-refractivity contribution < 1.29 is 19.1 Å². The first-order valence-corrected chi connectivity index (χ1v) is 18.8. The van der Waals surface area contributed by atoms with E-state index in [4.69, 9.17) is 9.84 Å². The molecule has 2 aromatic carbocycles. The van der Waals surface area contributed by atoms with Gasteiger partial charge in [0.15, 0.2) is 0 Å². The quantitative estimate of drug-likeness (QED) is 0.212. The van der Waals surface area contributed by atoms with E-state index in [1.807, 2.05) is 24.3 Å². The van der Waals surface area contributed by atoms with Crippen molar-refractivity contribution in [2.45, 2.75) is 69.5 Å². The maximum atomic E-state index is 13.4. The molecule has 1 unspecified atom stereocenters. The molecule has 1 aliphatic carbocycles. The molecular weight excluding hydrogens is 688 g/mol. The molecular formula is C39H46N10O5. The number of benzene rings is 2. The van der Waals surface area contributed by atoms with Crippen LogP contribution in [0.2, 0.25) is 0 Å². The van der Waals surface area contributed by atoms with Crippen LogP contribution in [0.4, 0.5) is 11.4 Å². The number of ether oxygens (including phenoxy) is 1. The van der Waals surface area contributed by atoms with E-state index in [1.165, 1.54) is 18.7 Å². The molecule has 0 bridgehead atoms. The minimum Gasteiger partial charge on any atom is -0.494 e. The van der Waals surface area contributed by atoms with Crippen molar-refractivity contribution in [3.05, 3.63) is 71.3 Å². The van der Waals surface area contributed by atoms with Gasteiger partial charge in [-0.15, -0.1) is 0 Å². The van der Waals surface area contributed by atoms with Crippen LogP contribution in [0.5, 0.6) is 5.75 Å². The number of carbonyl (C=O) groups is 3. The highest BCUT2D eigenvalue weighted by Gasteiger charge is 2.33. The molecule has 5 aromatic rings. The number of hydrogen-bond acceptors (Lipinski definition) is 10. The lowest BCUT2D eigenvalue weighted by atomic mass is 9.85. The number of nitrogens with zero attached hydrogens (tertiary/aromatic N) is 8. The van der Waals surface area contributed by atoms with Gasteiger partial charge in [0.1, 0.15) is 18.1 Å². The molecule has 5 heterocycles. The number of aryl methyl sites for hydroxylation is 1. The van der Waals surface area contributed by atoms with Crippen molar-refractivity contribution in [3.63, 3.8) is 0 Å². The number of methoxy groups -OCH3 is 1. The predicted octanol–water partition coefficient (Wildman–Crippen LogP) is 4.05. The summed E-state index contributed by atoms with van der Waals surface area (Å²) in [5, 5.41) is 11.2. The summed E-state index contributed by atoms with van der Waals surface area (Å²) in [4.78, 5) is 63.5. The largest absolute Gasteiger partial charge is 0.494 e. The highest BCUT2D eigenvalue weighted by Crippen LogP contribution is 2.37. The molecule has 2 saturated heterocycles. The average Bonchev–Trinajstić information content (AvgIpc) is 3.72. The number of rotatable bonds is 9. The Balaban J connectivity index is 0.868. The summed E-state index contributed by atoms with van der Waals surface area (Å²) in [6.45, 7) is 2.81. The smallest absolute Gasteiger partial charge is 0.329 e. The Morgan fingerprint density at radius 3 is 2.50 bits per heavy atom. The number of para-hydroxylation sites is 1. The Labute approximate surface area is 312 Å². The van der Waals surface area contributed by atoms with Crippen LogP contribution in [0.15, 0.2) is 60.0 Å². The number of amides is 3. The first kappa shape index (κ1) is 35.5. The molecule has 1 saturated carbocycles. The van der Waals surface area contributed by atoms with Crippen molar-refractivity contribution in [3.8, 4) is 5.75 Å². The highest BCUT2D eigenvalue weighted by atomic mass is 16.5. The van der Waals surface area contributed by atoms with Crippen LogP contribution in [-0.2, 0) is 16.6 Å². The number of anilines is 2. The number of fused-ring (bicyclic) bond motifs is 2. The van der Waals surface area contributed by atoms with Gasteiger partial charge in [-0.1, -0.05) is 6.07 Å². The summed E-state index contributed by atoms with van der Waals surface area (Å²) in [5.74, 6) is 0.142. The molecule has 1 atom stereocenters. The van der Waals surface area contributed by atoms with Gasteiger partial charge in [-0.25, -0.2) is 14.8 Å². The van der Waals surface area contributed by atoms with Crippen molar-refractivity contribution in [1.82, 2.24) is 39.1 Å². The van der Waals surface area contributed by atoms with E-state index in [9.17, 15) is 19.2 Å². The molecule has 15 heteroatoms. The number of aromatic nitrogens is 6. The van der Waals surface area contributed by atoms with Crippen LogP contribution in [0.3, 0.4) is 0 Å². The normalized spacial score (nSPS) is 21.2. The van der Waals surface area contributed by atoms with Crippen molar-refractivity contribution in [1.29, 1.82) is 0 Å². The molecule has 8 rings (SSSR count). The lowest BCUT2D eigenvalue weighted by Gasteiger charge is -2.40. The third-order valence-corrected chi connectivity index (χ3v) is 11.7. The molecule has 0 radical (unpaired) electrons. The second kappa shape index (κ2) is 14.7. The number of imide groups is 1. The first-order chi connectivity index (χ1) is 26.2. The third kappa shape index (κ3) is 6.72. The molecule has 2 aliphatic heterocycles. The van der Waals surface area contributed by atoms with Gasteiger partial charge in [-0.05, 0) is 76.1 Å². The minimum absolute atomic E-state index is 0.218. The number of hydrogen-bond donors (Lipinski definition) is 2. The molecule has 3 fully saturated rings. The molecule has 0 spiro atoms. The zero-order valence-electron chi connectivity index (χ0n) is 30.9. The lowest BCUT2D eigenvalue weighted by Crippen LogP contribution is -2.45. The monoisotopic (exact) mass is 734 g/mol. The minimum atomic E-state index is -0.697. The van der Waals surface area contributed by atoms with E-state index in [0.717, 1.165) is 85.8 Å². The van der Waals surface area contributed by atoms with Crippen LogP contribution in [0.1, 0.15) is 73.8 Å². The van der Waals surface area contributed by atoms with E-state index in [1.54, 1.807) is 23.3 Å². The zero-order valence-corrected chi connectivity index (χ0v) is 30.9. The van der Waals surface area contributed by atoms with E-state index in [-0.39, 0.29) is 23.9 Å². The predicted molar refractivity (Wildman–Crippen MR) is 204 cm³/mol. The summed E-state index contributed by atoms with van der Waals surface area (Å²) < 4.78 is 10.9. The molecule has 282 valence electrons. The summed E-state index contributed by atoms with van der Waals surface area (Å²) in [6.07, 6.45) is 13.4. The van der Waals surface area contributed by atoms with Crippen LogP contribution in [0, 0.1) is 5.92 Å². The molecule has 54 heavy (non-hydrogen) atoms. The Bertz CT molecular complexity index is 2260. The molecule has 3 aliphatic rings. The van der Waals surface area contributed by atoms with Gasteiger partial charge in [-0.3, -0.25) is 33.5 Å². The highest BCUT2D eigenvalue weighted by molar-refractivity contribution is 6.06. The van der Waals surface area contributed by atoms with Crippen molar-refractivity contribution in [2.75, 3.05) is 44.0 Å². The summed E-state index contributed by atoms with van der Waals surface area (Å²) in [5.41, 5.74) is 4.07. The van der Waals surface area contributed by atoms with E-state index < -0.39 is 11.9 Å². The van der Waals surface area contributed by atoms with E-state index in [0.29, 0.717) is 41.4 Å². The van der Waals surface area contributed by atoms with Crippen LogP contribution < -0.4 is 26.0 Å². The number of carbonyl (C=O) groups excluding carboxylic acids is 3. The maximum Gasteiger partial charge on any atom is 0.329 e. The van der Waals surface area contributed by atoms with Gasteiger partial charge in [0.2, 0.25) is 11.8 Å². The number of piperidine rings is 2. The zero-order chi connectivity index (χ0) is 37.5. The van der Waals surface area contributed by atoms with Gasteiger partial charge in [0.25, 0.3) is 5.91 Å². The van der Waals surface area contributed by atoms with Gasteiger partial charge < -0.3 is 19.9 Å². The standard InChI is InChI=1S/C39H46N10O5/c1-45(27-13-15-47(16-14-27)31-5-4-6-32-36(31)46(2)39(53)49(32)33-11-12-35(50)43-38(33)52)21-24-7-9-28(10-8-24)48-22-25-17-30(34(54-3)18-29(25)44-48)42-37(51)26-19-40-23-41-20-26/h4-6,17-20,22-24,27-28,33H,7-16,21H2,1-3H3,(H,42,51)(H,43,50,52)/t24-,28-,33?. The van der Waals surface area contributed by atoms with Crippen molar-refractivity contribution >= 4 is 51.0 Å². The van der Waals surface area contributed by atoms with Crippen LogP contribution in [-0.4, -0.2) is 91.3 Å². The van der Waals surface area contributed by atoms with Gasteiger partial charge in [0.05, 0.1) is 46.6 Å². The second-order valence-corrected chi connectivity index (χ2v) is 15.0. The second-order valence-electron chi connectivity index (χ2n) is 15.0. The molecule has 3 amide bonds. The molecule has 3 aromatic heterocycles. The fraction of sp³-hybridized carbons (Fsp3) is 0.462. The average molecular weight is 735 g/mol. The maximum absolute atomic E-state index is 13.4. The number of imidazole rings is 1. The van der Waals surface area contributed by atoms with Gasteiger partial charge in [-0.2, -0.15) is 5.10 Å². The van der Waals surface area contributed by atoms with Crippen molar-refractivity contribution in [2.24, 2.45) is 13.0 Å². The fourth-order valence-corrected chi connectivity index (χ4v) is 8.73. The lowest BCUT2D eigenvalue weighted by molar-refractivity contribution is -0.135. The number of nitrogens with one attached hydrogen (secondary N) is 2. The van der Waals surface area contributed by atoms with E-state index >= 15 is 0 Å². The van der Waals surface area contributed by atoms with Crippen LogP contribution in [0.25, 0.3) is 21.9 Å². The fourth-order valence-electron chi connectivity index (χ4n) is 8.73. The Kier molecular flexibility index (Phi) is 9.65. The summed E-state index contributed by atoms with van der Waals surface area (Å²) in [6, 6.07) is 9.79. The Morgan fingerprint density at radius 1 is 1.02 bits per heavy atom. The van der Waals surface area contributed by atoms with Gasteiger partial charge >= 0.3 is 5.69 Å². The molecule has 15 nitrogen and oxygen atoms in total. The first-order valence-electron chi connectivity index (χ1n) is 18.8. The van der Waals surface area contributed by atoms with E-state index in [2.05, 4.69) is 54.4 Å². The third-order valence-electron chi connectivity index (χ3n) is 11.7. The van der Waals surface area contributed by atoms with Crippen LogP contribution >= 0.6 is 0 Å².